The number of likely N-dealkylation sites (N-methyl/N-ethyl adjacent to an activating group) is 1. The maximum atomic E-state index is 15.2. The fourth-order valence-electron chi connectivity index (χ4n) is 10.5. The maximum absolute atomic E-state index is 15.2. The first-order chi connectivity index (χ1) is 23.4. The molecule has 2 saturated heterocycles. The molecule has 2 saturated carbocycles. The number of methoxy groups -OCH3 is 1. The van der Waals surface area contributed by atoms with Crippen LogP contribution in [-0.4, -0.2) is 105 Å². The number of carbonyl (C=O) groups excluding carboxylic acids is 2. The fraction of sp³-hybridized carbons (Fsp3) is 0.632. The Morgan fingerprint density at radius 2 is 1.84 bits per heavy atom. The third kappa shape index (κ3) is 5.12. The zero-order chi connectivity index (χ0) is 34.5. The van der Waals surface area contributed by atoms with Crippen LogP contribution in [-0.2, 0) is 19.8 Å². The molecule has 2 amide bonds. The largest absolute Gasteiger partial charge is 0.497 e. The van der Waals surface area contributed by atoms with Crippen LogP contribution in [0.4, 0.5) is 0 Å². The topological polar surface area (TPSA) is 102 Å². The number of nitrogens with zero attached hydrogens (tertiary/aromatic N) is 4. The van der Waals surface area contributed by atoms with E-state index >= 15 is 4.79 Å². The zero-order valence-corrected chi connectivity index (χ0v) is 30.4. The van der Waals surface area contributed by atoms with Gasteiger partial charge < -0.3 is 19.4 Å². The predicted molar refractivity (Wildman–Crippen MR) is 189 cm³/mol. The van der Waals surface area contributed by atoms with Crippen molar-refractivity contribution in [2.45, 2.75) is 75.8 Å². The van der Waals surface area contributed by atoms with E-state index in [1.54, 1.807) is 7.11 Å². The van der Waals surface area contributed by atoms with E-state index in [0.717, 1.165) is 55.4 Å². The van der Waals surface area contributed by atoms with Crippen molar-refractivity contribution in [2.75, 3.05) is 54.4 Å². The molecule has 264 valence electrons. The average molecular weight is 690 g/mol. The number of hydrogen-bond acceptors (Lipinski definition) is 7. The fourth-order valence-corrected chi connectivity index (χ4v) is 11.0. The lowest BCUT2D eigenvalue weighted by Crippen LogP contribution is -2.55. The lowest BCUT2D eigenvalue weighted by Gasteiger charge is -2.45. The standard InChI is InChI=1S/C38H51N5O5S/c1-37-19-25(35(44)39-49(46,47)40(2)3)13-16-30(37)33(24-10-7-6-8-11-24)34-28-15-14-27(48-5)18-29(28)31-20-38(31,23-43(34)37)36(45)42-17-9-12-26-21-41(4)22-32(26)42/h13-16,18-19,24,26,30-32H,6-12,17,20-23H2,1-5H3,(H,39,44)/t26-,30?,31?,32+,37?,38?/m0/s1. The number of rotatable bonds is 6. The highest BCUT2D eigenvalue weighted by Gasteiger charge is 2.68. The van der Waals surface area contributed by atoms with Crippen molar-refractivity contribution in [3.05, 3.63) is 58.7 Å². The summed E-state index contributed by atoms with van der Waals surface area (Å²) in [6, 6.07) is 6.67. The molecular weight excluding hydrogens is 639 g/mol. The first-order valence-corrected chi connectivity index (χ1v) is 19.7. The summed E-state index contributed by atoms with van der Waals surface area (Å²) < 4.78 is 34.4. The minimum absolute atomic E-state index is 0.00661. The van der Waals surface area contributed by atoms with E-state index in [9.17, 15) is 13.2 Å². The van der Waals surface area contributed by atoms with Gasteiger partial charge in [-0.2, -0.15) is 12.7 Å². The molecule has 6 atom stereocenters. The normalized spacial score (nSPS) is 34.0. The van der Waals surface area contributed by atoms with Crippen LogP contribution in [0.2, 0.25) is 0 Å². The van der Waals surface area contributed by atoms with Crippen molar-refractivity contribution < 1.29 is 22.7 Å². The third-order valence-electron chi connectivity index (χ3n) is 13.1. The Hall–Kier alpha value is -3.15. The second-order valence-corrected chi connectivity index (χ2v) is 18.0. The van der Waals surface area contributed by atoms with Crippen LogP contribution in [0.25, 0.3) is 5.70 Å². The van der Waals surface area contributed by atoms with Gasteiger partial charge in [0.2, 0.25) is 5.91 Å². The van der Waals surface area contributed by atoms with Gasteiger partial charge in [-0.15, -0.1) is 0 Å². The van der Waals surface area contributed by atoms with Crippen LogP contribution in [0.15, 0.2) is 47.6 Å². The van der Waals surface area contributed by atoms with Gasteiger partial charge in [0, 0.05) is 75.0 Å². The van der Waals surface area contributed by atoms with E-state index < -0.39 is 27.1 Å². The SMILES string of the molecule is COc1ccc2c(c1)C1CC1(C(=O)N1CCC[C@H]3CN(C)C[C@H]31)CN1C2=C(C2CCCCC2)C2C=CC(C(=O)NS(=O)(=O)N(C)C)=CC21C. The van der Waals surface area contributed by atoms with Crippen LogP contribution in [0, 0.1) is 23.2 Å². The van der Waals surface area contributed by atoms with Crippen LogP contribution in [0.1, 0.15) is 75.3 Å². The van der Waals surface area contributed by atoms with E-state index in [0.29, 0.717) is 24.0 Å². The van der Waals surface area contributed by atoms with E-state index in [4.69, 9.17) is 4.74 Å². The summed E-state index contributed by atoms with van der Waals surface area (Å²) in [6.45, 7) is 5.52. The molecule has 49 heavy (non-hydrogen) atoms. The number of nitrogens with one attached hydrogen (secondary N) is 1. The van der Waals surface area contributed by atoms with E-state index in [-0.39, 0.29) is 23.8 Å². The predicted octanol–water partition coefficient (Wildman–Crippen LogP) is 4.14. The number of benzene rings is 1. The average Bonchev–Trinajstić information content (AvgIpc) is 3.62. The van der Waals surface area contributed by atoms with Crippen molar-refractivity contribution in [1.29, 1.82) is 0 Å². The van der Waals surface area contributed by atoms with Gasteiger partial charge in [-0.05, 0) is 93.3 Å². The lowest BCUT2D eigenvalue weighted by molar-refractivity contribution is -0.142. The second-order valence-electron chi connectivity index (χ2n) is 16.2. The molecule has 7 aliphatic rings. The molecule has 4 fully saturated rings. The summed E-state index contributed by atoms with van der Waals surface area (Å²) in [5.74, 6) is 1.42. The van der Waals surface area contributed by atoms with Crippen molar-refractivity contribution in [3.63, 3.8) is 0 Å². The van der Waals surface area contributed by atoms with Gasteiger partial charge in [0.15, 0.2) is 0 Å². The first-order valence-electron chi connectivity index (χ1n) is 18.2. The van der Waals surface area contributed by atoms with E-state index in [1.165, 1.54) is 62.2 Å². The summed E-state index contributed by atoms with van der Waals surface area (Å²) in [4.78, 5) is 35.8. The molecule has 11 heteroatoms. The van der Waals surface area contributed by atoms with Crippen LogP contribution in [0.3, 0.4) is 0 Å². The summed E-state index contributed by atoms with van der Waals surface area (Å²) in [5, 5.41) is 0. The molecule has 0 bridgehead atoms. The van der Waals surface area contributed by atoms with Gasteiger partial charge in [-0.1, -0.05) is 31.4 Å². The van der Waals surface area contributed by atoms with Crippen molar-refractivity contribution in [3.8, 4) is 5.75 Å². The molecule has 1 aromatic carbocycles. The van der Waals surface area contributed by atoms with E-state index in [1.807, 2.05) is 18.2 Å². The van der Waals surface area contributed by atoms with Gasteiger partial charge in [-0.25, -0.2) is 4.72 Å². The van der Waals surface area contributed by atoms with Crippen molar-refractivity contribution >= 4 is 27.7 Å². The number of hydrogen-bond donors (Lipinski definition) is 1. The van der Waals surface area contributed by atoms with Crippen LogP contribution < -0.4 is 9.46 Å². The number of ether oxygens (including phenoxy) is 1. The molecule has 1 aromatic rings. The van der Waals surface area contributed by atoms with Gasteiger partial charge >= 0.3 is 10.2 Å². The molecular formula is C38H51N5O5S. The smallest absolute Gasteiger partial charge is 0.303 e. The first kappa shape index (κ1) is 33.0. The van der Waals surface area contributed by atoms with E-state index in [2.05, 4.69) is 51.6 Å². The summed E-state index contributed by atoms with van der Waals surface area (Å²) >= 11 is 0. The van der Waals surface area contributed by atoms with Gasteiger partial charge in [0.25, 0.3) is 5.91 Å². The van der Waals surface area contributed by atoms with Crippen molar-refractivity contribution in [1.82, 2.24) is 23.7 Å². The Bertz CT molecular complexity index is 1780. The highest BCUT2D eigenvalue weighted by atomic mass is 32.2. The lowest BCUT2D eigenvalue weighted by atomic mass is 9.70. The second kappa shape index (κ2) is 11.7. The molecule has 4 aliphatic heterocycles. The number of piperidine rings is 1. The number of likely N-dealkylation sites (tertiary alicyclic amines) is 2. The number of carbonyl (C=O) groups is 2. The molecule has 0 spiro atoms. The zero-order valence-electron chi connectivity index (χ0n) is 29.6. The molecule has 0 radical (unpaired) electrons. The Morgan fingerprint density at radius 3 is 2.57 bits per heavy atom. The Labute approximate surface area is 291 Å². The summed E-state index contributed by atoms with van der Waals surface area (Å²) in [5.41, 5.74) is 4.06. The number of fused-ring (bicyclic) bond motifs is 8. The molecule has 10 nitrogen and oxygen atoms in total. The Balaban J connectivity index is 1.27. The van der Waals surface area contributed by atoms with Gasteiger partial charge in [0.05, 0.1) is 18.1 Å². The highest BCUT2D eigenvalue weighted by molar-refractivity contribution is 7.87. The quantitative estimate of drug-likeness (QED) is 0.480. The molecule has 3 aliphatic carbocycles. The molecule has 1 N–H and O–H groups in total. The molecule has 8 rings (SSSR count). The summed E-state index contributed by atoms with van der Waals surface area (Å²) in [6.07, 6.45) is 14.8. The Morgan fingerprint density at radius 1 is 1.06 bits per heavy atom. The Kier molecular flexibility index (Phi) is 7.88. The molecule has 4 heterocycles. The molecule has 0 aromatic heterocycles. The monoisotopic (exact) mass is 689 g/mol. The summed E-state index contributed by atoms with van der Waals surface area (Å²) in [7, 11) is 2.71. The molecule has 4 unspecified atom stereocenters. The van der Waals surface area contributed by atoms with Crippen LogP contribution >= 0.6 is 0 Å². The van der Waals surface area contributed by atoms with Gasteiger partial charge in [0.1, 0.15) is 5.75 Å². The minimum Gasteiger partial charge on any atom is -0.497 e. The minimum atomic E-state index is -3.97. The van der Waals surface area contributed by atoms with Gasteiger partial charge in [-0.3, -0.25) is 9.59 Å². The third-order valence-corrected chi connectivity index (χ3v) is 14.5. The number of amides is 2. The highest BCUT2D eigenvalue weighted by Crippen LogP contribution is 2.68. The maximum Gasteiger partial charge on any atom is 0.303 e. The van der Waals surface area contributed by atoms with Crippen LogP contribution in [0.5, 0.6) is 5.75 Å². The van der Waals surface area contributed by atoms with Crippen molar-refractivity contribution in [2.24, 2.45) is 23.2 Å².